The lowest BCUT2D eigenvalue weighted by Gasteiger charge is -2.32. The van der Waals surface area contributed by atoms with E-state index in [1.54, 1.807) is 12.0 Å². The molecule has 0 aliphatic heterocycles. The van der Waals surface area contributed by atoms with Crippen molar-refractivity contribution in [3.63, 3.8) is 0 Å². The Morgan fingerprint density at radius 1 is 1.03 bits per heavy atom. The van der Waals surface area contributed by atoms with Gasteiger partial charge in [-0.2, -0.15) is 0 Å². The Morgan fingerprint density at radius 2 is 1.71 bits per heavy atom. The first kappa shape index (κ1) is 24.4. The lowest BCUT2D eigenvalue weighted by molar-refractivity contribution is -0.141. The first-order chi connectivity index (χ1) is 14.8. The predicted molar refractivity (Wildman–Crippen MR) is 125 cm³/mol. The van der Waals surface area contributed by atoms with Crippen molar-refractivity contribution < 1.29 is 14.3 Å². The quantitative estimate of drug-likeness (QED) is 0.607. The highest BCUT2D eigenvalue weighted by Crippen LogP contribution is 2.19. The third kappa shape index (κ3) is 6.84. The van der Waals surface area contributed by atoms with Gasteiger partial charge in [0.05, 0.1) is 13.5 Å². The van der Waals surface area contributed by atoms with Crippen LogP contribution in [-0.2, 0) is 22.6 Å². The van der Waals surface area contributed by atoms with Crippen molar-refractivity contribution in [1.82, 2.24) is 10.2 Å². The molecular formula is C26H36N2O3. The average molecular weight is 425 g/mol. The lowest BCUT2D eigenvalue weighted by atomic mass is 10.0. The maximum Gasteiger partial charge on any atom is 0.243 e. The van der Waals surface area contributed by atoms with E-state index in [2.05, 4.69) is 11.4 Å². The van der Waals surface area contributed by atoms with E-state index in [1.807, 2.05) is 71.0 Å². The van der Waals surface area contributed by atoms with E-state index < -0.39 is 6.04 Å². The molecule has 168 valence electrons. The summed E-state index contributed by atoms with van der Waals surface area (Å²) >= 11 is 0. The van der Waals surface area contributed by atoms with E-state index in [0.717, 1.165) is 34.4 Å². The zero-order valence-electron chi connectivity index (χ0n) is 19.7. The molecule has 31 heavy (non-hydrogen) atoms. The number of benzene rings is 2. The molecule has 1 N–H and O–H groups in total. The van der Waals surface area contributed by atoms with Crippen molar-refractivity contribution >= 4 is 11.8 Å². The largest absolute Gasteiger partial charge is 0.497 e. The van der Waals surface area contributed by atoms with Crippen LogP contribution in [0.25, 0.3) is 0 Å². The molecule has 2 amide bonds. The van der Waals surface area contributed by atoms with Crippen LogP contribution in [0.15, 0.2) is 42.5 Å². The third-order valence-corrected chi connectivity index (χ3v) is 5.75. The summed E-state index contributed by atoms with van der Waals surface area (Å²) in [7, 11) is 1.63. The third-order valence-electron chi connectivity index (χ3n) is 5.75. The van der Waals surface area contributed by atoms with Gasteiger partial charge in [0.25, 0.3) is 0 Å². The topological polar surface area (TPSA) is 58.6 Å². The van der Waals surface area contributed by atoms with Gasteiger partial charge in [-0.15, -0.1) is 0 Å². The molecule has 0 aromatic heterocycles. The van der Waals surface area contributed by atoms with Crippen LogP contribution >= 0.6 is 0 Å². The first-order valence-corrected chi connectivity index (χ1v) is 11.1. The Hall–Kier alpha value is -2.82. The van der Waals surface area contributed by atoms with E-state index in [1.165, 1.54) is 0 Å². The maximum absolute atomic E-state index is 13.5. The summed E-state index contributed by atoms with van der Waals surface area (Å²) in [5.41, 5.74) is 4.17. The number of amides is 2. The molecular weight excluding hydrogens is 388 g/mol. The number of nitrogens with one attached hydrogen (secondary N) is 1. The number of nitrogens with zero attached hydrogens (tertiary/aromatic N) is 1. The van der Waals surface area contributed by atoms with E-state index in [-0.39, 0.29) is 24.3 Å². The summed E-state index contributed by atoms with van der Waals surface area (Å²) in [6.07, 6.45) is 1.67. The van der Waals surface area contributed by atoms with Gasteiger partial charge in [0.2, 0.25) is 11.8 Å². The van der Waals surface area contributed by atoms with Crippen LogP contribution in [-0.4, -0.2) is 35.9 Å². The molecule has 0 aliphatic rings. The van der Waals surface area contributed by atoms with Crippen LogP contribution in [0.3, 0.4) is 0 Å². The normalized spacial score (nSPS) is 12.7. The second-order valence-electron chi connectivity index (χ2n) is 8.22. The van der Waals surface area contributed by atoms with Gasteiger partial charge in [-0.25, -0.2) is 0 Å². The summed E-state index contributed by atoms with van der Waals surface area (Å²) in [5.74, 6) is 0.619. The zero-order valence-corrected chi connectivity index (χ0v) is 19.7. The van der Waals surface area contributed by atoms with Crippen LogP contribution in [0.4, 0.5) is 0 Å². The monoisotopic (exact) mass is 424 g/mol. The predicted octanol–water partition coefficient (Wildman–Crippen LogP) is 4.58. The highest BCUT2D eigenvalue weighted by molar-refractivity contribution is 5.88. The summed E-state index contributed by atoms with van der Waals surface area (Å²) in [6.45, 7) is 10.4. The first-order valence-electron chi connectivity index (χ1n) is 11.1. The van der Waals surface area contributed by atoms with E-state index in [0.29, 0.717) is 13.0 Å². The molecule has 2 atom stereocenters. The number of carbonyl (C=O) groups is 2. The molecule has 0 aliphatic carbocycles. The SMILES string of the molecule is CC[C@H](C)NC(=O)[C@H](CC)N(Cc1ccc(OC)cc1)C(=O)Cc1cc(C)ccc1C. The van der Waals surface area contributed by atoms with Crippen LogP contribution in [0.5, 0.6) is 5.75 Å². The van der Waals surface area contributed by atoms with E-state index in [9.17, 15) is 9.59 Å². The molecule has 0 bridgehead atoms. The smallest absolute Gasteiger partial charge is 0.243 e. The molecule has 2 rings (SSSR count). The number of rotatable bonds is 10. The van der Waals surface area contributed by atoms with Gasteiger partial charge < -0.3 is 15.0 Å². The molecule has 0 spiro atoms. The standard InChI is InChI=1S/C26H36N2O3/c1-7-20(5)27-26(30)24(8-2)28(17-21-11-13-23(31-6)14-12-21)25(29)16-22-15-18(3)9-10-19(22)4/h9-15,20,24H,7-8,16-17H2,1-6H3,(H,27,30)/t20-,24-/m0/s1. The Labute approximate surface area is 186 Å². The van der Waals surface area contributed by atoms with Gasteiger partial charge in [0.1, 0.15) is 11.8 Å². The van der Waals surface area contributed by atoms with Gasteiger partial charge in [-0.3, -0.25) is 9.59 Å². The fourth-order valence-corrected chi connectivity index (χ4v) is 3.54. The highest BCUT2D eigenvalue weighted by atomic mass is 16.5. The zero-order chi connectivity index (χ0) is 23.0. The van der Waals surface area contributed by atoms with Crippen molar-refractivity contribution in [3.05, 3.63) is 64.7 Å². The minimum Gasteiger partial charge on any atom is -0.497 e. The molecule has 5 heteroatoms. The van der Waals surface area contributed by atoms with Crippen molar-refractivity contribution in [3.8, 4) is 5.75 Å². The van der Waals surface area contributed by atoms with E-state index in [4.69, 9.17) is 4.74 Å². The number of methoxy groups -OCH3 is 1. The fourth-order valence-electron chi connectivity index (χ4n) is 3.54. The lowest BCUT2D eigenvalue weighted by Crippen LogP contribution is -2.51. The van der Waals surface area contributed by atoms with Crippen molar-refractivity contribution in [2.75, 3.05) is 7.11 Å². The Morgan fingerprint density at radius 3 is 2.29 bits per heavy atom. The van der Waals surface area contributed by atoms with Gasteiger partial charge in [-0.05, 0) is 62.4 Å². The Balaban J connectivity index is 2.33. The van der Waals surface area contributed by atoms with Gasteiger partial charge in [0, 0.05) is 12.6 Å². The summed E-state index contributed by atoms with van der Waals surface area (Å²) in [5, 5.41) is 3.05. The van der Waals surface area contributed by atoms with Crippen LogP contribution in [0.2, 0.25) is 0 Å². The Kier molecular flexibility index (Phi) is 9.10. The second kappa shape index (κ2) is 11.5. The number of hydrogen-bond acceptors (Lipinski definition) is 3. The van der Waals surface area contributed by atoms with Crippen molar-refractivity contribution in [1.29, 1.82) is 0 Å². The molecule has 0 unspecified atom stereocenters. The molecule has 2 aromatic carbocycles. The highest BCUT2D eigenvalue weighted by Gasteiger charge is 2.29. The van der Waals surface area contributed by atoms with Gasteiger partial charge in [-0.1, -0.05) is 49.7 Å². The molecule has 0 radical (unpaired) electrons. The van der Waals surface area contributed by atoms with E-state index >= 15 is 0 Å². The average Bonchev–Trinajstić information content (AvgIpc) is 2.76. The number of carbonyl (C=O) groups excluding carboxylic acids is 2. The van der Waals surface area contributed by atoms with Gasteiger partial charge in [0.15, 0.2) is 0 Å². The van der Waals surface area contributed by atoms with Crippen molar-refractivity contribution in [2.24, 2.45) is 0 Å². The van der Waals surface area contributed by atoms with Crippen LogP contribution < -0.4 is 10.1 Å². The number of hydrogen-bond donors (Lipinski definition) is 1. The number of aryl methyl sites for hydroxylation is 2. The summed E-state index contributed by atoms with van der Waals surface area (Å²) in [4.78, 5) is 28.2. The maximum atomic E-state index is 13.5. The molecule has 5 nitrogen and oxygen atoms in total. The molecule has 2 aromatic rings. The van der Waals surface area contributed by atoms with Gasteiger partial charge >= 0.3 is 0 Å². The van der Waals surface area contributed by atoms with Crippen LogP contribution in [0, 0.1) is 13.8 Å². The van der Waals surface area contributed by atoms with Crippen molar-refractivity contribution in [2.45, 2.75) is 72.5 Å². The Bertz CT molecular complexity index is 877. The minimum absolute atomic E-state index is 0.0457. The molecule has 0 saturated heterocycles. The molecule has 0 fully saturated rings. The summed E-state index contributed by atoms with van der Waals surface area (Å²) in [6, 6.07) is 13.3. The molecule has 0 heterocycles. The van der Waals surface area contributed by atoms with Crippen LogP contribution in [0.1, 0.15) is 55.9 Å². The fraction of sp³-hybridized carbons (Fsp3) is 0.462. The minimum atomic E-state index is -0.520. The number of ether oxygens (including phenoxy) is 1. The second-order valence-corrected chi connectivity index (χ2v) is 8.22. The summed E-state index contributed by atoms with van der Waals surface area (Å²) < 4.78 is 5.24. The molecule has 0 saturated carbocycles.